The van der Waals surface area contributed by atoms with Gasteiger partial charge in [-0.3, -0.25) is 4.79 Å². The second-order valence-corrected chi connectivity index (χ2v) is 5.45. The predicted molar refractivity (Wildman–Crippen MR) is 76.0 cm³/mol. The molecule has 0 bridgehead atoms. The number of allylic oxidation sites excluding steroid dienone is 1. The second kappa shape index (κ2) is 4.21. The largest absolute Gasteiger partial charge is 0.481 e. The van der Waals surface area contributed by atoms with Crippen LogP contribution in [-0.4, -0.2) is 11.9 Å². The third kappa shape index (κ3) is 1.76. The molecule has 0 saturated heterocycles. The quantitative estimate of drug-likeness (QED) is 0.598. The summed E-state index contributed by atoms with van der Waals surface area (Å²) in [7, 11) is 0. The van der Waals surface area contributed by atoms with Crippen LogP contribution in [0.5, 0.6) is 5.75 Å². The maximum Gasteiger partial charge on any atom is 0.336 e. The number of carbonyl (C=O) groups is 1. The molecule has 4 nitrogen and oxygen atoms in total. The summed E-state index contributed by atoms with van der Waals surface area (Å²) in [6.45, 7) is 3.54. The van der Waals surface area contributed by atoms with Crippen LogP contribution < -0.4 is 10.4 Å². The Kier molecular flexibility index (Phi) is 2.73. The molecule has 0 radical (unpaired) electrons. The van der Waals surface area contributed by atoms with Gasteiger partial charge < -0.3 is 9.15 Å². The summed E-state index contributed by atoms with van der Waals surface area (Å²) in [6, 6.07) is 6.48. The second-order valence-electron chi connectivity index (χ2n) is 5.07. The van der Waals surface area contributed by atoms with Gasteiger partial charge in [-0.05, 0) is 32.0 Å². The van der Waals surface area contributed by atoms with Crippen LogP contribution in [0.15, 0.2) is 38.5 Å². The highest BCUT2D eigenvalue weighted by Gasteiger charge is 2.35. The molecule has 1 aromatic carbocycles. The zero-order valence-corrected chi connectivity index (χ0v) is 11.7. The molecule has 1 aliphatic heterocycles. The number of rotatable bonds is 1. The van der Waals surface area contributed by atoms with Gasteiger partial charge in [-0.15, -0.1) is 0 Å². The van der Waals surface area contributed by atoms with E-state index in [0.29, 0.717) is 33.6 Å². The van der Waals surface area contributed by atoms with E-state index in [9.17, 15) is 9.59 Å². The highest BCUT2D eigenvalue weighted by Crippen LogP contribution is 2.44. The average Bonchev–Trinajstić information content (AvgIpc) is 2.40. The van der Waals surface area contributed by atoms with Crippen molar-refractivity contribution in [1.82, 2.24) is 0 Å². The summed E-state index contributed by atoms with van der Waals surface area (Å²) in [6.07, 6.45) is 0.665. The summed E-state index contributed by atoms with van der Waals surface area (Å²) in [5, 5.41) is 0.995. The minimum Gasteiger partial charge on any atom is -0.481 e. The van der Waals surface area contributed by atoms with E-state index < -0.39 is 11.2 Å². The standard InChI is InChI=1S/C15H11ClO4/c1-15(2)14(16)9(7-17)12-10(20-15)5-3-8-4-6-11(18)19-13(8)12/h3-7H,1-2H3. The van der Waals surface area contributed by atoms with Crippen LogP contribution >= 0.6 is 11.6 Å². The van der Waals surface area contributed by atoms with Gasteiger partial charge in [-0.2, -0.15) is 0 Å². The lowest BCUT2D eigenvalue weighted by Crippen LogP contribution is -2.33. The van der Waals surface area contributed by atoms with E-state index >= 15 is 0 Å². The highest BCUT2D eigenvalue weighted by molar-refractivity contribution is 6.38. The van der Waals surface area contributed by atoms with Gasteiger partial charge in [0.15, 0.2) is 6.29 Å². The third-order valence-corrected chi connectivity index (χ3v) is 3.93. The first kappa shape index (κ1) is 12.9. The van der Waals surface area contributed by atoms with Crippen molar-refractivity contribution in [3.63, 3.8) is 0 Å². The summed E-state index contributed by atoms with van der Waals surface area (Å²) in [4.78, 5) is 22.9. The molecule has 102 valence electrons. The van der Waals surface area contributed by atoms with Crippen molar-refractivity contribution in [1.29, 1.82) is 0 Å². The maximum atomic E-state index is 11.4. The number of hydrogen-bond acceptors (Lipinski definition) is 4. The van der Waals surface area contributed by atoms with Crippen molar-refractivity contribution in [2.45, 2.75) is 19.4 Å². The van der Waals surface area contributed by atoms with E-state index in [4.69, 9.17) is 20.8 Å². The molecule has 2 aromatic rings. The first-order chi connectivity index (χ1) is 9.44. The Hall–Kier alpha value is -2.07. The van der Waals surface area contributed by atoms with Crippen LogP contribution in [0.2, 0.25) is 0 Å². The molecule has 1 aliphatic rings. The monoisotopic (exact) mass is 290 g/mol. The van der Waals surface area contributed by atoms with Crippen LogP contribution in [0.4, 0.5) is 0 Å². The Bertz CT molecular complexity index is 814. The molecule has 0 N–H and O–H groups in total. The Morgan fingerprint density at radius 1 is 1.20 bits per heavy atom. The lowest BCUT2D eigenvalue weighted by Gasteiger charge is -2.32. The minimum absolute atomic E-state index is 0.290. The molecular formula is C15H11ClO4. The summed E-state index contributed by atoms with van der Waals surface area (Å²) in [5.74, 6) is 0.475. The van der Waals surface area contributed by atoms with E-state index in [1.165, 1.54) is 6.07 Å². The number of fused-ring (bicyclic) bond motifs is 3. The van der Waals surface area contributed by atoms with Crippen LogP contribution in [0.1, 0.15) is 19.4 Å². The van der Waals surface area contributed by atoms with E-state index in [0.717, 1.165) is 0 Å². The third-order valence-electron chi connectivity index (χ3n) is 3.27. The summed E-state index contributed by atoms with van der Waals surface area (Å²) in [5.41, 5.74) is -0.256. The van der Waals surface area contributed by atoms with Gasteiger partial charge in [0.25, 0.3) is 0 Å². The number of hydrogen-bond donors (Lipinski definition) is 0. The van der Waals surface area contributed by atoms with Gasteiger partial charge in [0, 0.05) is 17.0 Å². The van der Waals surface area contributed by atoms with Crippen molar-refractivity contribution < 1.29 is 13.9 Å². The number of ether oxygens (including phenoxy) is 1. The van der Waals surface area contributed by atoms with E-state index in [2.05, 4.69) is 0 Å². The zero-order chi connectivity index (χ0) is 14.5. The van der Waals surface area contributed by atoms with Crippen LogP contribution in [0.3, 0.4) is 0 Å². The topological polar surface area (TPSA) is 56.5 Å². The molecule has 20 heavy (non-hydrogen) atoms. The zero-order valence-electron chi connectivity index (χ0n) is 10.9. The fraction of sp³-hybridized carbons (Fsp3) is 0.200. The normalized spacial score (nSPS) is 16.8. The van der Waals surface area contributed by atoms with Crippen molar-refractivity contribution in [3.05, 3.63) is 45.3 Å². The molecule has 3 rings (SSSR count). The number of aldehydes is 1. The van der Waals surface area contributed by atoms with Crippen LogP contribution in [-0.2, 0) is 4.79 Å². The SMILES string of the molecule is CC1(C)Oc2ccc3ccc(=O)oc3c2C(C=O)=C1Cl. The Balaban J connectivity index is 2.47. The molecule has 0 spiro atoms. The number of halogens is 1. The van der Waals surface area contributed by atoms with Gasteiger partial charge in [0.1, 0.15) is 16.9 Å². The Labute approximate surface area is 119 Å². The minimum atomic E-state index is -0.798. The number of carbonyl (C=O) groups excluding carboxylic acids is 1. The summed E-state index contributed by atoms with van der Waals surface area (Å²) < 4.78 is 11.0. The Morgan fingerprint density at radius 3 is 2.60 bits per heavy atom. The van der Waals surface area contributed by atoms with Gasteiger partial charge in [-0.25, -0.2) is 4.79 Å². The fourth-order valence-corrected chi connectivity index (χ4v) is 2.50. The number of benzene rings is 1. The van der Waals surface area contributed by atoms with Crippen LogP contribution in [0.25, 0.3) is 16.5 Å². The van der Waals surface area contributed by atoms with E-state index in [1.807, 2.05) is 0 Å². The van der Waals surface area contributed by atoms with E-state index in [-0.39, 0.29) is 5.57 Å². The molecule has 0 saturated carbocycles. The van der Waals surface area contributed by atoms with Crippen LogP contribution in [0, 0.1) is 0 Å². The molecule has 0 fully saturated rings. The molecule has 5 heteroatoms. The predicted octanol–water partition coefficient (Wildman–Crippen LogP) is 3.11. The molecule has 0 atom stereocenters. The van der Waals surface area contributed by atoms with Gasteiger partial charge >= 0.3 is 5.63 Å². The first-order valence-electron chi connectivity index (χ1n) is 6.06. The molecule has 1 aromatic heterocycles. The smallest absolute Gasteiger partial charge is 0.336 e. The average molecular weight is 291 g/mol. The molecule has 0 amide bonds. The molecule has 2 heterocycles. The lowest BCUT2D eigenvalue weighted by molar-refractivity contribution is -0.103. The van der Waals surface area contributed by atoms with Crippen molar-refractivity contribution in [2.24, 2.45) is 0 Å². The highest BCUT2D eigenvalue weighted by atomic mass is 35.5. The van der Waals surface area contributed by atoms with Crippen molar-refractivity contribution >= 4 is 34.4 Å². The van der Waals surface area contributed by atoms with E-state index in [1.54, 1.807) is 32.0 Å². The Morgan fingerprint density at radius 2 is 1.90 bits per heavy atom. The van der Waals surface area contributed by atoms with Gasteiger partial charge in [0.05, 0.1) is 10.6 Å². The lowest BCUT2D eigenvalue weighted by atomic mass is 9.93. The maximum absolute atomic E-state index is 11.4. The molecule has 0 unspecified atom stereocenters. The molecular weight excluding hydrogens is 280 g/mol. The van der Waals surface area contributed by atoms with Crippen molar-refractivity contribution in [3.8, 4) is 5.75 Å². The fourth-order valence-electron chi connectivity index (χ4n) is 2.32. The first-order valence-corrected chi connectivity index (χ1v) is 6.43. The summed E-state index contributed by atoms with van der Waals surface area (Å²) >= 11 is 6.25. The van der Waals surface area contributed by atoms with Crippen molar-refractivity contribution in [2.75, 3.05) is 0 Å². The van der Waals surface area contributed by atoms with Gasteiger partial charge in [0.2, 0.25) is 0 Å². The van der Waals surface area contributed by atoms with Gasteiger partial charge in [-0.1, -0.05) is 11.6 Å². The molecule has 0 aliphatic carbocycles.